The van der Waals surface area contributed by atoms with Crippen LogP contribution >= 0.6 is 0 Å². The molecule has 0 bridgehead atoms. The first-order valence-electron chi connectivity index (χ1n) is 4.17. The lowest BCUT2D eigenvalue weighted by Gasteiger charge is -2.33. The van der Waals surface area contributed by atoms with Crippen LogP contribution in [-0.4, -0.2) is 36.3 Å². The van der Waals surface area contributed by atoms with E-state index in [1.165, 1.54) is 6.92 Å². The molecule has 1 fully saturated rings. The third-order valence-corrected chi connectivity index (χ3v) is 1.64. The summed E-state index contributed by atoms with van der Waals surface area (Å²) >= 11 is 0. The lowest BCUT2D eigenvalue weighted by atomic mass is 10.3. The smallest absolute Gasteiger partial charge is 0.322 e. The summed E-state index contributed by atoms with van der Waals surface area (Å²) < 4.78 is 5.46. The molecule has 0 saturated carbocycles. The van der Waals surface area contributed by atoms with E-state index in [2.05, 4.69) is 0 Å². The molecule has 0 radical (unpaired) electrons. The summed E-state index contributed by atoms with van der Waals surface area (Å²) in [6.45, 7) is 6.65. The third-order valence-electron chi connectivity index (χ3n) is 1.64. The first kappa shape index (κ1) is 9.48. The van der Waals surface area contributed by atoms with Gasteiger partial charge >= 0.3 is 5.97 Å². The molecule has 1 aliphatic heterocycles. The summed E-state index contributed by atoms with van der Waals surface area (Å²) in [6.07, 6.45) is 0.265. The van der Waals surface area contributed by atoms with Crippen LogP contribution in [0.3, 0.4) is 0 Å². The second-order valence-corrected chi connectivity index (χ2v) is 3.19. The Labute approximate surface area is 72.4 Å². The predicted molar refractivity (Wildman–Crippen MR) is 43.3 cm³/mol. The molecule has 70 valence electrons. The van der Waals surface area contributed by atoms with Gasteiger partial charge in [-0.05, 0) is 13.8 Å². The fraction of sp³-hybridized carbons (Fsp3) is 0.875. The summed E-state index contributed by atoms with van der Waals surface area (Å²) in [5, 5.41) is 1.65. The fourth-order valence-electron chi connectivity index (χ4n) is 1.39. The Morgan fingerprint density at radius 3 is 2.33 bits per heavy atom. The van der Waals surface area contributed by atoms with Crippen LogP contribution in [0.1, 0.15) is 20.8 Å². The zero-order valence-corrected chi connectivity index (χ0v) is 7.74. The minimum Gasteiger partial charge on any atom is -0.373 e. The molecule has 4 nitrogen and oxygen atoms in total. The van der Waals surface area contributed by atoms with Crippen LogP contribution in [-0.2, 0) is 14.4 Å². The van der Waals surface area contributed by atoms with Crippen molar-refractivity contribution in [1.29, 1.82) is 0 Å². The fourth-order valence-corrected chi connectivity index (χ4v) is 1.39. The van der Waals surface area contributed by atoms with Crippen molar-refractivity contribution >= 4 is 5.97 Å². The van der Waals surface area contributed by atoms with E-state index in [0.717, 1.165) is 0 Å². The summed E-state index contributed by atoms with van der Waals surface area (Å²) in [7, 11) is 0. The van der Waals surface area contributed by atoms with Gasteiger partial charge in [0.25, 0.3) is 0 Å². The molecule has 2 atom stereocenters. The second kappa shape index (κ2) is 3.87. The molecule has 0 spiro atoms. The molecule has 0 amide bonds. The van der Waals surface area contributed by atoms with Crippen molar-refractivity contribution in [2.45, 2.75) is 33.0 Å². The molecule has 1 heterocycles. The minimum absolute atomic E-state index is 0.132. The van der Waals surface area contributed by atoms with Crippen LogP contribution in [0.15, 0.2) is 0 Å². The van der Waals surface area contributed by atoms with Crippen molar-refractivity contribution in [3.63, 3.8) is 0 Å². The van der Waals surface area contributed by atoms with Crippen molar-refractivity contribution < 1.29 is 14.4 Å². The lowest BCUT2D eigenvalue weighted by Crippen LogP contribution is -2.45. The van der Waals surface area contributed by atoms with Gasteiger partial charge in [0.2, 0.25) is 0 Å². The average Bonchev–Trinajstić information content (AvgIpc) is 1.81. The maximum absolute atomic E-state index is 10.6. The Kier molecular flexibility index (Phi) is 3.05. The van der Waals surface area contributed by atoms with E-state index in [-0.39, 0.29) is 18.2 Å². The summed E-state index contributed by atoms with van der Waals surface area (Å²) in [5.41, 5.74) is 0. The van der Waals surface area contributed by atoms with Gasteiger partial charge in [0.15, 0.2) is 0 Å². The Bertz CT molecular complexity index is 162. The number of morpholine rings is 1. The molecule has 2 unspecified atom stereocenters. The molecule has 0 aromatic carbocycles. The van der Waals surface area contributed by atoms with Crippen molar-refractivity contribution in [1.82, 2.24) is 5.06 Å². The molecule has 4 heteroatoms. The number of rotatable bonds is 1. The van der Waals surface area contributed by atoms with Crippen LogP contribution in [0.25, 0.3) is 0 Å². The van der Waals surface area contributed by atoms with Crippen LogP contribution in [0.2, 0.25) is 0 Å². The number of hydrogen-bond acceptors (Lipinski definition) is 4. The molecule has 0 aromatic heterocycles. The monoisotopic (exact) mass is 173 g/mol. The van der Waals surface area contributed by atoms with E-state index in [0.29, 0.717) is 13.1 Å². The highest BCUT2D eigenvalue weighted by Gasteiger charge is 2.23. The Morgan fingerprint density at radius 1 is 1.42 bits per heavy atom. The highest BCUT2D eigenvalue weighted by atomic mass is 16.7. The van der Waals surface area contributed by atoms with Crippen molar-refractivity contribution in [2.24, 2.45) is 0 Å². The number of carbonyl (C=O) groups is 1. The van der Waals surface area contributed by atoms with Gasteiger partial charge in [-0.15, -0.1) is 5.06 Å². The summed E-state index contributed by atoms with van der Waals surface area (Å²) in [5.74, 6) is -0.267. The van der Waals surface area contributed by atoms with E-state index in [1.54, 1.807) is 5.06 Å². The molecular weight excluding hydrogens is 158 g/mol. The van der Waals surface area contributed by atoms with E-state index >= 15 is 0 Å². The van der Waals surface area contributed by atoms with E-state index < -0.39 is 0 Å². The second-order valence-electron chi connectivity index (χ2n) is 3.19. The molecule has 0 aromatic rings. The zero-order chi connectivity index (χ0) is 9.14. The van der Waals surface area contributed by atoms with Gasteiger partial charge < -0.3 is 9.57 Å². The van der Waals surface area contributed by atoms with Gasteiger partial charge in [0.05, 0.1) is 25.3 Å². The average molecular weight is 173 g/mol. The van der Waals surface area contributed by atoms with Crippen LogP contribution < -0.4 is 0 Å². The van der Waals surface area contributed by atoms with Crippen LogP contribution in [0, 0.1) is 0 Å². The van der Waals surface area contributed by atoms with Gasteiger partial charge in [0.1, 0.15) is 0 Å². The van der Waals surface area contributed by atoms with E-state index in [4.69, 9.17) is 9.57 Å². The standard InChI is InChI=1S/C8H15NO3/c1-6-4-9(12-8(3)10)5-7(2)11-6/h6-7H,4-5H2,1-3H3. The molecule has 0 N–H and O–H groups in total. The first-order valence-corrected chi connectivity index (χ1v) is 4.17. The van der Waals surface area contributed by atoms with E-state index in [9.17, 15) is 4.79 Å². The number of hydrogen-bond donors (Lipinski definition) is 0. The van der Waals surface area contributed by atoms with Gasteiger partial charge in [-0.25, -0.2) is 0 Å². The van der Waals surface area contributed by atoms with Crippen molar-refractivity contribution in [3.8, 4) is 0 Å². The number of nitrogens with zero attached hydrogens (tertiary/aromatic N) is 1. The molecule has 0 aliphatic carbocycles. The number of hydroxylamine groups is 2. The Balaban J connectivity index is 2.38. The van der Waals surface area contributed by atoms with E-state index in [1.807, 2.05) is 13.8 Å². The topological polar surface area (TPSA) is 38.8 Å². The van der Waals surface area contributed by atoms with Gasteiger partial charge in [-0.3, -0.25) is 4.79 Å². The van der Waals surface area contributed by atoms with Crippen molar-refractivity contribution in [2.75, 3.05) is 13.1 Å². The first-order chi connectivity index (χ1) is 5.58. The summed E-state index contributed by atoms with van der Waals surface area (Å²) in [4.78, 5) is 15.6. The highest BCUT2D eigenvalue weighted by molar-refractivity contribution is 5.65. The highest BCUT2D eigenvalue weighted by Crippen LogP contribution is 2.10. The van der Waals surface area contributed by atoms with Gasteiger partial charge in [-0.1, -0.05) is 0 Å². The molecule has 1 aliphatic rings. The maximum Gasteiger partial charge on any atom is 0.322 e. The number of ether oxygens (including phenoxy) is 1. The predicted octanol–water partition coefficient (Wildman–Crippen LogP) is 0.574. The molecule has 1 saturated heterocycles. The Morgan fingerprint density at radius 2 is 1.92 bits per heavy atom. The third kappa shape index (κ3) is 2.79. The largest absolute Gasteiger partial charge is 0.373 e. The Hall–Kier alpha value is -0.610. The van der Waals surface area contributed by atoms with Gasteiger partial charge in [-0.2, -0.15) is 0 Å². The normalized spacial score (nSPS) is 31.6. The van der Waals surface area contributed by atoms with Crippen molar-refractivity contribution in [3.05, 3.63) is 0 Å². The molecular formula is C8H15NO3. The molecule has 12 heavy (non-hydrogen) atoms. The summed E-state index contributed by atoms with van der Waals surface area (Å²) in [6, 6.07) is 0. The van der Waals surface area contributed by atoms with Crippen LogP contribution in [0.5, 0.6) is 0 Å². The zero-order valence-electron chi connectivity index (χ0n) is 7.74. The molecule has 1 rings (SSSR count). The van der Waals surface area contributed by atoms with Crippen LogP contribution in [0.4, 0.5) is 0 Å². The lowest BCUT2D eigenvalue weighted by molar-refractivity contribution is -0.222. The minimum atomic E-state index is -0.267. The SMILES string of the molecule is CC(=O)ON1CC(C)OC(C)C1. The number of carbonyl (C=O) groups excluding carboxylic acids is 1. The maximum atomic E-state index is 10.6. The quantitative estimate of drug-likeness (QED) is 0.581. The van der Waals surface area contributed by atoms with Gasteiger partial charge in [0, 0.05) is 6.92 Å².